The van der Waals surface area contributed by atoms with E-state index in [9.17, 15) is 9.90 Å². The number of fused-ring (bicyclic) bond motifs is 1. The number of benzene rings is 1. The lowest BCUT2D eigenvalue weighted by Crippen LogP contribution is -2.34. The highest BCUT2D eigenvalue weighted by Crippen LogP contribution is 2.38. The maximum absolute atomic E-state index is 12.1. The molecule has 3 unspecified atom stereocenters. The number of aliphatic hydroxyl groups excluding tert-OH is 1. The number of rotatable bonds is 1. The van der Waals surface area contributed by atoms with Crippen LogP contribution in [-0.2, 0) is 0 Å². The summed E-state index contributed by atoms with van der Waals surface area (Å²) in [6.07, 6.45) is 1.72. The number of urea groups is 1. The number of likely N-dealkylation sites (tertiary alicyclic amines) is 1. The summed E-state index contributed by atoms with van der Waals surface area (Å²) in [4.78, 5) is 13.9. The van der Waals surface area contributed by atoms with Crippen LogP contribution >= 0.6 is 0 Å². The minimum atomic E-state index is -0.218. The first kappa shape index (κ1) is 11.5. The molecule has 3 atom stereocenters. The van der Waals surface area contributed by atoms with E-state index in [4.69, 9.17) is 0 Å². The molecule has 2 fully saturated rings. The summed E-state index contributed by atoms with van der Waals surface area (Å²) in [5.74, 6) is 0.771. The van der Waals surface area contributed by atoms with Gasteiger partial charge in [0.1, 0.15) is 0 Å². The molecule has 96 valence electrons. The van der Waals surface area contributed by atoms with Gasteiger partial charge in [0.2, 0.25) is 0 Å². The second kappa shape index (κ2) is 4.61. The maximum atomic E-state index is 12.1. The molecule has 1 heterocycles. The zero-order chi connectivity index (χ0) is 12.5. The fourth-order valence-electron chi connectivity index (χ4n) is 3.13. The molecule has 1 aliphatic heterocycles. The Kier molecular flexibility index (Phi) is 2.96. The lowest BCUT2D eigenvalue weighted by Gasteiger charge is -2.19. The van der Waals surface area contributed by atoms with E-state index in [0.717, 1.165) is 25.1 Å². The monoisotopic (exact) mass is 246 g/mol. The quantitative estimate of drug-likeness (QED) is 0.795. The Morgan fingerprint density at radius 2 is 2.00 bits per heavy atom. The minimum Gasteiger partial charge on any atom is -0.393 e. The number of nitrogens with zero attached hydrogens (tertiary/aromatic N) is 1. The Balaban J connectivity index is 1.62. The average Bonchev–Trinajstić information content (AvgIpc) is 2.93. The molecular weight excluding hydrogens is 228 g/mol. The molecule has 0 bridgehead atoms. The van der Waals surface area contributed by atoms with E-state index in [1.165, 1.54) is 0 Å². The van der Waals surface area contributed by atoms with Crippen molar-refractivity contribution in [2.75, 3.05) is 18.4 Å². The first-order chi connectivity index (χ1) is 8.74. The topological polar surface area (TPSA) is 52.6 Å². The van der Waals surface area contributed by atoms with Crippen molar-refractivity contribution in [2.45, 2.75) is 18.9 Å². The van der Waals surface area contributed by atoms with Crippen LogP contribution in [-0.4, -0.2) is 35.2 Å². The molecule has 0 radical (unpaired) electrons. The van der Waals surface area contributed by atoms with Crippen LogP contribution in [0.2, 0.25) is 0 Å². The van der Waals surface area contributed by atoms with Crippen molar-refractivity contribution in [3.63, 3.8) is 0 Å². The van der Waals surface area contributed by atoms with E-state index in [2.05, 4.69) is 5.32 Å². The highest BCUT2D eigenvalue weighted by molar-refractivity contribution is 5.89. The molecule has 1 saturated carbocycles. The molecule has 0 aromatic heterocycles. The number of nitrogens with one attached hydrogen (secondary N) is 1. The van der Waals surface area contributed by atoms with Crippen LogP contribution in [0.25, 0.3) is 0 Å². The van der Waals surface area contributed by atoms with Crippen molar-refractivity contribution in [2.24, 2.45) is 11.8 Å². The third-order valence-corrected chi connectivity index (χ3v) is 4.13. The average molecular weight is 246 g/mol. The van der Waals surface area contributed by atoms with E-state index in [-0.39, 0.29) is 18.1 Å². The van der Waals surface area contributed by atoms with Gasteiger partial charge in [-0.1, -0.05) is 18.2 Å². The zero-order valence-electron chi connectivity index (χ0n) is 10.2. The number of amides is 2. The second-order valence-corrected chi connectivity index (χ2v) is 5.27. The normalized spacial score (nSPS) is 30.3. The molecule has 4 nitrogen and oxygen atoms in total. The highest BCUT2D eigenvalue weighted by Gasteiger charge is 2.43. The van der Waals surface area contributed by atoms with Crippen LogP contribution in [0.1, 0.15) is 12.8 Å². The number of aliphatic hydroxyl groups is 1. The molecule has 2 aliphatic rings. The summed E-state index contributed by atoms with van der Waals surface area (Å²) in [5.41, 5.74) is 0.820. The zero-order valence-corrected chi connectivity index (χ0v) is 10.2. The number of carbonyl (C=O) groups excluding carboxylic acids is 1. The van der Waals surface area contributed by atoms with Crippen LogP contribution < -0.4 is 5.32 Å². The molecule has 3 rings (SSSR count). The molecule has 1 aromatic carbocycles. The molecule has 2 N–H and O–H groups in total. The predicted molar refractivity (Wildman–Crippen MR) is 69.3 cm³/mol. The largest absolute Gasteiger partial charge is 0.393 e. The van der Waals surface area contributed by atoms with Crippen molar-refractivity contribution in [1.29, 1.82) is 0 Å². The molecule has 18 heavy (non-hydrogen) atoms. The van der Waals surface area contributed by atoms with Crippen LogP contribution in [0.3, 0.4) is 0 Å². The van der Waals surface area contributed by atoms with Crippen LogP contribution in [0, 0.1) is 11.8 Å². The minimum absolute atomic E-state index is 0.0530. The third-order valence-electron chi connectivity index (χ3n) is 4.13. The second-order valence-electron chi connectivity index (χ2n) is 5.27. The summed E-state index contributed by atoms with van der Waals surface area (Å²) in [5, 5.41) is 12.7. The van der Waals surface area contributed by atoms with Crippen molar-refractivity contribution >= 4 is 11.7 Å². The highest BCUT2D eigenvalue weighted by atomic mass is 16.3. The number of carbonyl (C=O) groups is 1. The Labute approximate surface area is 107 Å². The van der Waals surface area contributed by atoms with E-state index >= 15 is 0 Å². The molecule has 1 aliphatic carbocycles. The summed E-state index contributed by atoms with van der Waals surface area (Å²) in [6.45, 7) is 1.46. The van der Waals surface area contributed by atoms with Crippen LogP contribution in [0.5, 0.6) is 0 Å². The van der Waals surface area contributed by atoms with Crippen molar-refractivity contribution in [3.05, 3.63) is 30.3 Å². The van der Waals surface area contributed by atoms with Gasteiger partial charge in [-0.15, -0.1) is 0 Å². The lowest BCUT2D eigenvalue weighted by molar-refractivity contribution is 0.127. The van der Waals surface area contributed by atoms with Gasteiger partial charge >= 0.3 is 6.03 Å². The Bertz CT molecular complexity index is 435. The van der Waals surface area contributed by atoms with Gasteiger partial charge in [0.15, 0.2) is 0 Å². The van der Waals surface area contributed by atoms with Gasteiger partial charge in [-0.25, -0.2) is 4.79 Å². The fraction of sp³-hybridized carbons (Fsp3) is 0.500. The Hall–Kier alpha value is -1.55. The van der Waals surface area contributed by atoms with Gasteiger partial charge < -0.3 is 15.3 Å². The van der Waals surface area contributed by atoms with E-state index in [1.54, 1.807) is 0 Å². The lowest BCUT2D eigenvalue weighted by atomic mass is 10.00. The number of anilines is 1. The van der Waals surface area contributed by atoms with Gasteiger partial charge in [0.05, 0.1) is 6.10 Å². The molecule has 1 saturated heterocycles. The molecular formula is C14H18N2O2. The van der Waals surface area contributed by atoms with Crippen molar-refractivity contribution < 1.29 is 9.90 Å². The molecule has 1 aromatic rings. The summed E-state index contributed by atoms with van der Waals surface area (Å²) in [7, 11) is 0. The SMILES string of the molecule is O=C(Nc1ccccc1)N1CC2CCC(O)C2C1. The van der Waals surface area contributed by atoms with Gasteiger partial charge in [-0.3, -0.25) is 0 Å². The first-order valence-corrected chi connectivity index (χ1v) is 6.53. The first-order valence-electron chi connectivity index (χ1n) is 6.53. The Morgan fingerprint density at radius 3 is 2.72 bits per heavy atom. The van der Waals surface area contributed by atoms with E-state index < -0.39 is 0 Å². The number of hydrogen-bond acceptors (Lipinski definition) is 2. The molecule has 0 spiro atoms. The van der Waals surface area contributed by atoms with Crippen molar-refractivity contribution in [3.8, 4) is 0 Å². The fourth-order valence-corrected chi connectivity index (χ4v) is 3.13. The maximum Gasteiger partial charge on any atom is 0.321 e. The summed E-state index contributed by atoms with van der Waals surface area (Å²) in [6, 6.07) is 9.43. The number of hydrogen-bond donors (Lipinski definition) is 2. The van der Waals surface area contributed by atoms with Crippen molar-refractivity contribution in [1.82, 2.24) is 4.90 Å². The standard InChI is InChI=1S/C14H18N2O2/c17-13-7-6-10-8-16(9-12(10)13)14(18)15-11-4-2-1-3-5-11/h1-5,10,12-13,17H,6-9H2,(H,15,18). The van der Waals surface area contributed by atoms with E-state index in [1.807, 2.05) is 35.2 Å². The third kappa shape index (κ3) is 2.08. The summed E-state index contributed by atoms with van der Waals surface area (Å²) >= 11 is 0. The van der Waals surface area contributed by atoms with Gasteiger partial charge in [-0.05, 0) is 30.9 Å². The smallest absolute Gasteiger partial charge is 0.321 e. The Morgan fingerprint density at radius 1 is 1.22 bits per heavy atom. The molecule has 4 heteroatoms. The molecule has 2 amide bonds. The van der Waals surface area contributed by atoms with Crippen LogP contribution in [0.15, 0.2) is 30.3 Å². The van der Waals surface area contributed by atoms with Gasteiger partial charge in [0.25, 0.3) is 0 Å². The van der Waals surface area contributed by atoms with Gasteiger partial charge in [-0.2, -0.15) is 0 Å². The summed E-state index contributed by atoms with van der Waals surface area (Å²) < 4.78 is 0. The number of para-hydroxylation sites is 1. The van der Waals surface area contributed by atoms with Crippen LogP contribution in [0.4, 0.5) is 10.5 Å². The predicted octanol–water partition coefficient (Wildman–Crippen LogP) is 1.92. The van der Waals surface area contributed by atoms with Gasteiger partial charge in [0, 0.05) is 24.7 Å². The van der Waals surface area contributed by atoms with E-state index in [0.29, 0.717) is 12.5 Å².